The van der Waals surface area contributed by atoms with Gasteiger partial charge < -0.3 is 9.84 Å². The molecule has 0 aromatic rings. The van der Waals surface area contributed by atoms with Gasteiger partial charge in [0.1, 0.15) is 0 Å². The Morgan fingerprint density at radius 1 is 1.06 bits per heavy atom. The molecule has 0 spiro atoms. The minimum Gasteiger partial charge on any atom is -0.390 e. The SMILES string of the molecule is CCCCCCC(O)C(OCC)C(C)(C)C. The molecular formula is C14H30O2. The van der Waals surface area contributed by atoms with Crippen LogP contribution in [-0.2, 0) is 4.74 Å². The van der Waals surface area contributed by atoms with E-state index in [1.807, 2.05) is 6.92 Å². The molecule has 0 fully saturated rings. The Morgan fingerprint density at radius 3 is 2.12 bits per heavy atom. The van der Waals surface area contributed by atoms with Crippen LogP contribution in [0.1, 0.15) is 66.7 Å². The van der Waals surface area contributed by atoms with Gasteiger partial charge in [-0.15, -0.1) is 0 Å². The van der Waals surface area contributed by atoms with Gasteiger partial charge in [0.25, 0.3) is 0 Å². The van der Waals surface area contributed by atoms with Gasteiger partial charge in [-0.3, -0.25) is 0 Å². The summed E-state index contributed by atoms with van der Waals surface area (Å²) in [6, 6.07) is 0. The van der Waals surface area contributed by atoms with Gasteiger partial charge >= 0.3 is 0 Å². The zero-order chi connectivity index (χ0) is 12.6. The van der Waals surface area contributed by atoms with E-state index in [0.717, 1.165) is 12.8 Å². The second-order valence-corrected chi connectivity index (χ2v) is 5.66. The minimum atomic E-state index is -0.322. The Balaban J connectivity index is 4.02. The molecule has 2 nitrogen and oxygen atoms in total. The molecule has 0 bridgehead atoms. The molecule has 0 aliphatic heterocycles. The Morgan fingerprint density at radius 2 is 1.69 bits per heavy atom. The molecule has 1 N–H and O–H groups in total. The van der Waals surface area contributed by atoms with Crippen LogP contribution in [0.25, 0.3) is 0 Å². The fraction of sp³-hybridized carbons (Fsp3) is 1.00. The van der Waals surface area contributed by atoms with E-state index in [-0.39, 0.29) is 17.6 Å². The normalized spacial score (nSPS) is 16.1. The van der Waals surface area contributed by atoms with Crippen molar-refractivity contribution in [1.82, 2.24) is 0 Å². The number of hydrogen-bond donors (Lipinski definition) is 1. The van der Waals surface area contributed by atoms with Crippen molar-refractivity contribution in [1.29, 1.82) is 0 Å². The molecule has 2 atom stereocenters. The minimum absolute atomic E-state index is 0.0141. The lowest BCUT2D eigenvalue weighted by molar-refractivity contribution is -0.0908. The van der Waals surface area contributed by atoms with Crippen LogP contribution in [0.15, 0.2) is 0 Å². The Hall–Kier alpha value is -0.0800. The molecule has 0 rings (SSSR count). The maximum absolute atomic E-state index is 10.2. The summed E-state index contributed by atoms with van der Waals surface area (Å²) in [6.07, 6.45) is 5.33. The van der Waals surface area contributed by atoms with E-state index in [2.05, 4.69) is 27.7 Å². The maximum atomic E-state index is 10.2. The smallest absolute Gasteiger partial charge is 0.0881 e. The summed E-state index contributed by atoms with van der Waals surface area (Å²) in [5.74, 6) is 0. The van der Waals surface area contributed by atoms with Crippen LogP contribution in [0.2, 0.25) is 0 Å². The van der Waals surface area contributed by atoms with Crippen molar-refractivity contribution in [3.63, 3.8) is 0 Å². The van der Waals surface area contributed by atoms with E-state index in [4.69, 9.17) is 4.74 Å². The molecule has 2 unspecified atom stereocenters. The van der Waals surface area contributed by atoms with E-state index >= 15 is 0 Å². The Labute approximate surface area is 101 Å². The molecule has 0 radical (unpaired) electrons. The van der Waals surface area contributed by atoms with Crippen molar-refractivity contribution in [3.8, 4) is 0 Å². The molecule has 0 aromatic carbocycles. The predicted octanol–water partition coefficient (Wildman–Crippen LogP) is 3.77. The summed E-state index contributed by atoms with van der Waals surface area (Å²) in [6.45, 7) is 11.2. The van der Waals surface area contributed by atoms with Crippen LogP contribution in [-0.4, -0.2) is 23.9 Å². The van der Waals surface area contributed by atoms with E-state index in [1.54, 1.807) is 0 Å². The summed E-state index contributed by atoms with van der Waals surface area (Å²) in [5, 5.41) is 10.2. The van der Waals surface area contributed by atoms with Crippen molar-refractivity contribution >= 4 is 0 Å². The molecule has 2 heteroatoms. The van der Waals surface area contributed by atoms with Crippen LogP contribution in [0.4, 0.5) is 0 Å². The maximum Gasteiger partial charge on any atom is 0.0881 e. The largest absolute Gasteiger partial charge is 0.390 e. The summed E-state index contributed by atoms with van der Waals surface area (Å²) in [4.78, 5) is 0. The first-order valence-corrected chi connectivity index (χ1v) is 6.73. The van der Waals surface area contributed by atoms with E-state index in [9.17, 15) is 5.11 Å². The number of aliphatic hydroxyl groups excluding tert-OH is 1. The summed E-state index contributed by atoms with van der Waals surface area (Å²) in [5.41, 5.74) is 0.0141. The van der Waals surface area contributed by atoms with Crippen LogP contribution in [0.5, 0.6) is 0 Å². The third-order valence-electron chi connectivity index (χ3n) is 2.90. The molecule has 0 aliphatic carbocycles. The lowest BCUT2D eigenvalue weighted by Crippen LogP contribution is -2.40. The van der Waals surface area contributed by atoms with Gasteiger partial charge in [0.05, 0.1) is 12.2 Å². The van der Waals surface area contributed by atoms with Gasteiger partial charge in [-0.25, -0.2) is 0 Å². The van der Waals surface area contributed by atoms with Gasteiger partial charge in [-0.05, 0) is 18.8 Å². The van der Waals surface area contributed by atoms with Gasteiger partial charge in [-0.2, -0.15) is 0 Å². The molecule has 98 valence electrons. The van der Waals surface area contributed by atoms with E-state index < -0.39 is 0 Å². The van der Waals surface area contributed by atoms with Gasteiger partial charge in [0, 0.05) is 6.61 Å². The Bertz CT molecular complexity index is 161. The first-order valence-electron chi connectivity index (χ1n) is 6.73. The molecule has 0 saturated carbocycles. The number of aliphatic hydroxyl groups is 1. The molecule has 0 aromatic heterocycles. The highest BCUT2D eigenvalue weighted by Gasteiger charge is 2.31. The van der Waals surface area contributed by atoms with Crippen molar-refractivity contribution in [3.05, 3.63) is 0 Å². The number of unbranched alkanes of at least 4 members (excludes halogenated alkanes) is 3. The van der Waals surface area contributed by atoms with Crippen molar-refractivity contribution in [2.24, 2.45) is 5.41 Å². The second kappa shape index (κ2) is 8.08. The molecule has 16 heavy (non-hydrogen) atoms. The van der Waals surface area contributed by atoms with Crippen molar-refractivity contribution < 1.29 is 9.84 Å². The van der Waals surface area contributed by atoms with Crippen LogP contribution < -0.4 is 0 Å². The van der Waals surface area contributed by atoms with Gasteiger partial charge in [0.15, 0.2) is 0 Å². The third kappa shape index (κ3) is 6.49. The van der Waals surface area contributed by atoms with Crippen molar-refractivity contribution in [2.75, 3.05) is 6.61 Å². The highest BCUT2D eigenvalue weighted by atomic mass is 16.5. The highest BCUT2D eigenvalue weighted by Crippen LogP contribution is 2.27. The fourth-order valence-corrected chi connectivity index (χ4v) is 2.05. The number of rotatable bonds is 8. The quantitative estimate of drug-likeness (QED) is 0.643. The predicted molar refractivity (Wildman–Crippen MR) is 69.6 cm³/mol. The standard InChI is InChI=1S/C14H30O2/c1-6-8-9-10-11-12(15)13(16-7-2)14(3,4)5/h12-13,15H,6-11H2,1-5H3. The highest BCUT2D eigenvalue weighted by molar-refractivity contribution is 4.81. The topological polar surface area (TPSA) is 29.5 Å². The first kappa shape index (κ1) is 15.9. The average Bonchev–Trinajstić information content (AvgIpc) is 2.19. The Kier molecular flexibility index (Phi) is 8.04. The zero-order valence-electron chi connectivity index (χ0n) is 11.8. The lowest BCUT2D eigenvalue weighted by atomic mass is 9.84. The fourth-order valence-electron chi connectivity index (χ4n) is 2.05. The monoisotopic (exact) mass is 230 g/mol. The zero-order valence-corrected chi connectivity index (χ0v) is 11.8. The first-order chi connectivity index (χ1) is 7.43. The number of ether oxygens (including phenoxy) is 1. The summed E-state index contributed by atoms with van der Waals surface area (Å²) >= 11 is 0. The molecule has 0 aliphatic rings. The summed E-state index contributed by atoms with van der Waals surface area (Å²) < 4.78 is 5.68. The third-order valence-corrected chi connectivity index (χ3v) is 2.90. The molecule has 0 amide bonds. The average molecular weight is 230 g/mol. The van der Waals surface area contributed by atoms with Crippen LogP contribution in [0, 0.1) is 5.41 Å². The van der Waals surface area contributed by atoms with E-state index in [0.29, 0.717) is 6.61 Å². The number of hydrogen-bond acceptors (Lipinski definition) is 2. The molecule has 0 heterocycles. The second-order valence-electron chi connectivity index (χ2n) is 5.66. The van der Waals surface area contributed by atoms with Crippen LogP contribution >= 0.6 is 0 Å². The van der Waals surface area contributed by atoms with Crippen LogP contribution in [0.3, 0.4) is 0 Å². The van der Waals surface area contributed by atoms with Gasteiger partial charge in [0.2, 0.25) is 0 Å². The van der Waals surface area contributed by atoms with Gasteiger partial charge in [-0.1, -0.05) is 53.4 Å². The lowest BCUT2D eigenvalue weighted by Gasteiger charge is -2.34. The molecular weight excluding hydrogens is 200 g/mol. The summed E-state index contributed by atoms with van der Waals surface area (Å²) in [7, 11) is 0. The van der Waals surface area contributed by atoms with Crippen molar-refractivity contribution in [2.45, 2.75) is 78.9 Å². The molecule has 0 saturated heterocycles. The van der Waals surface area contributed by atoms with E-state index in [1.165, 1.54) is 19.3 Å².